The Bertz CT molecular complexity index is 786. The van der Waals surface area contributed by atoms with Crippen molar-refractivity contribution in [1.29, 1.82) is 0 Å². The summed E-state index contributed by atoms with van der Waals surface area (Å²) < 4.78 is 4.91. The average molecular weight is 359 g/mol. The van der Waals surface area contributed by atoms with Crippen LogP contribution in [0.4, 0.5) is 5.69 Å². The summed E-state index contributed by atoms with van der Waals surface area (Å²) in [5, 5.41) is 2.85. The maximum atomic E-state index is 12.1. The molecule has 4 N–H and O–H groups in total. The number of furan rings is 1. The summed E-state index contributed by atoms with van der Waals surface area (Å²) in [6.45, 7) is 4.06. The van der Waals surface area contributed by atoms with E-state index in [1.807, 2.05) is 32.0 Å². The van der Waals surface area contributed by atoms with Gasteiger partial charge in [-0.1, -0.05) is 12.1 Å². The largest absolute Gasteiger partial charge is 0.459 e. The highest BCUT2D eigenvalue weighted by atomic mass is 16.3. The second-order valence-electron chi connectivity index (χ2n) is 6.09. The van der Waals surface area contributed by atoms with Crippen molar-refractivity contribution in [3.63, 3.8) is 0 Å². The Kier molecular flexibility index (Phi) is 6.51. The Hall–Kier alpha value is -3.13. The van der Waals surface area contributed by atoms with Gasteiger partial charge in [-0.05, 0) is 43.2 Å². The second kappa shape index (κ2) is 8.82. The van der Waals surface area contributed by atoms with Crippen LogP contribution in [-0.2, 0) is 9.59 Å². The van der Waals surface area contributed by atoms with Gasteiger partial charge in [-0.3, -0.25) is 25.2 Å². The predicted molar refractivity (Wildman–Crippen MR) is 95.5 cm³/mol. The molecule has 0 aliphatic carbocycles. The fourth-order valence-electron chi connectivity index (χ4n) is 2.33. The molecule has 138 valence electrons. The van der Waals surface area contributed by atoms with Crippen LogP contribution in [0.2, 0.25) is 0 Å². The number of benzene rings is 1. The molecule has 0 saturated heterocycles. The van der Waals surface area contributed by atoms with E-state index in [-0.39, 0.29) is 24.8 Å². The molecule has 1 unspecified atom stereocenters. The zero-order chi connectivity index (χ0) is 19.1. The van der Waals surface area contributed by atoms with E-state index >= 15 is 0 Å². The minimum absolute atomic E-state index is 0.0264. The average Bonchev–Trinajstić information content (AvgIpc) is 3.11. The number of aryl methyl sites for hydroxylation is 1. The molecule has 1 atom stereocenters. The van der Waals surface area contributed by atoms with Crippen molar-refractivity contribution in [3.8, 4) is 0 Å². The molecule has 8 nitrogen and oxygen atoms in total. The molecular formula is C18H23N4O4+. The zero-order valence-corrected chi connectivity index (χ0v) is 15.0. The van der Waals surface area contributed by atoms with Gasteiger partial charge < -0.3 is 14.6 Å². The van der Waals surface area contributed by atoms with E-state index in [4.69, 9.17) is 4.42 Å². The van der Waals surface area contributed by atoms with Crippen molar-refractivity contribution < 1.29 is 23.7 Å². The lowest BCUT2D eigenvalue weighted by Crippen LogP contribution is -3.11. The third-order valence-corrected chi connectivity index (χ3v) is 3.86. The van der Waals surface area contributed by atoms with E-state index in [2.05, 4.69) is 16.2 Å². The van der Waals surface area contributed by atoms with Crippen LogP contribution in [0.5, 0.6) is 0 Å². The smallest absolute Gasteiger partial charge is 0.305 e. The highest BCUT2D eigenvalue weighted by Crippen LogP contribution is 2.17. The minimum Gasteiger partial charge on any atom is -0.459 e. The number of nitrogens with one attached hydrogen (secondary N) is 4. The van der Waals surface area contributed by atoms with Gasteiger partial charge in [-0.2, -0.15) is 0 Å². The standard InChI is InChI=1S/C18H22N4O4/c1-12-6-4-7-14(13(12)2)19-16(23)10-22(3)11-17(24)20-21-18(25)15-8-5-9-26-15/h4-9H,10-11H2,1-3H3,(H,19,23)(H,20,24)(H,21,25)/p+1. The number of anilines is 1. The predicted octanol–water partition coefficient (Wildman–Crippen LogP) is -0.189. The number of hydrazine groups is 1. The lowest BCUT2D eigenvalue weighted by molar-refractivity contribution is -0.862. The van der Waals surface area contributed by atoms with Gasteiger partial charge in [0.05, 0.1) is 13.3 Å². The van der Waals surface area contributed by atoms with Gasteiger partial charge >= 0.3 is 5.91 Å². The quantitative estimate of drug-likeness (QED) is 0.537. The number of hydrogen-bond acceptors (Lipinski definition) is 4. The van der Waals surface area contributed by atoms with Gasteiger partial charge in [0.2, 0.25) is 0 Å². The first-order valence-electron chi connectivity index (χ1n) is 8.17. The fourth-order valence-corrected chi connectivity index (χ4v) is 2.33. The van der Waals surface area contributed by atoms with E-state index in [1.54, 1.807) is 13.1 Å². The number of likely N-dealkylation sites (N-methyl/N-ethyl adjacent to an activating group) is 1. The lowest BCUT2D eigenvalue weighted by Gasteiger charge is -2.15. The monoisotopic (exact) mass is 359 g/mol. The molecule has 8 heteroatoms. The van der Waals surface area contributed by atoms with Crippen molar-refractivity contribution in [2.45, 2.75) is 13.8 Å². The molecule has 0 radical (unpaired) electrons. The first-order valence-corrected chi connectivity index (χ1v) is 8.17. The Labute approximate surface area is 151 Å². The molecule has 0 aliphatic heterocycles. The third kappa shape index (κ3) is 5.45. The summed E-state index contributed by atoms with van der Waals surface area (Å²) in [6, 6.07) is 8.75. The molecule has 1 heterocycles. The van der Waals surface area contributed by atoms with Gasteiger partial charge in [0.15, 0.2) is 18.8 Å². The molecule has 3 amide bonds. The molecular weight excluding hydrogens is 336 g/mol. The SMILES string of the molecule is Cc1cccc(NC(=O)C[NH+](C)CC(=O)NNC(=O)c2ccco2)c1C. The van der Waals surface area contributed by atoms with Crippen molar-refractivity contribution in [1.82, 2.24) is 10.9 Å². The van der Waals surface area contributed by atoms with Crippen molar-refractivity contribution in [3.05, 3.63) is 53.5 Å². The van der Waals surface area contributed by atoms with Crippen LogP contribution in [0.15, 0.2) is 41.0 Å². The molecule has 1 aromatic carbocycles. The van der Waals surface area contributed by atoms with Gasteiger partial charge in [-0.15, -0.1) is 0 Å². The molecule has 0 fully saturated rings. The highest BCUT2D eigenvalue weighted by molar-refractivity contribution is 5.93. The van der Waals surface area contributed by atoms with E-state index in [0.29, 0.717) is 4.90 Å². The molecule has 0 spiro atoms. The number of carbonyl (C=O) groups excluding carboxylic acids is 3. The molecule has 2 aromatic rings. The van der Waals surface area contributed by atoms with Crippen molar-refractivity contribution in [2.75, 3.05) is 25.5 Å². The first-order chi connectivity index (χ1) is 12.4. The Morgan fingerprint density at radius 3 is 2.42 bits per heavy atom. The summed E-state index contributed by atoms with van der Waals surface area (Å²) in [4.78, 5) is 36.3. The van der Waals surface area contributed by atoms with Crippen LogP contribution in [0.25, 0.3) is 0 Å². The summed E-state index contributed by atoms with van der Waals surface area (Å²) in [6.07, 6.45) is 1.36. The van der Waals surface area contributed by atoms with Crippen LogP contribution in [0, 0.1) is 13.8 Å². The molecule has 0 aliphatic rings. The van der Waals surface area contributed by atoms with Crippen LogP contribution < -0.4 is 21.1 Å². The molecule has 26 heavy (non-hydrogen) atoms. The van der Waals surface area contributed by atoms with E-state index < -0.39 is 11.8 Å². The Morgan fingerprint density at radius 1 is 1.00 bits per heavy atom. The summed E-state index contributed by atoms with van der Waals surface area (Å²) >= 11 is 0. The third-order valence-electron chi connectivity index (χ3n) is 3.86. The molecule has 0 saturated carbocycles. The maximum Gasteiger partial charge on any atom is 0.305 e. The minimum atomic E-state index is -0.548. The summed E-state index contributed by atoms with van der Waals surface area (Å²) in [5.74, 6) is -1.06. The molecule has 1 aromatic heterocycles. The first kappa shape index (κ1) is 19.2. The molecule has 2 rings (SSSR count). The van der Waals surface area contributed by atoms with Crippen LogP contribution in [0.3, 0.4) is 0 Å². The van der Waals surface area contributed by atoms with Gasteiger partial charge in [0.1, 0.15) is 0 Å². The van der Waals surface area contributed by atoms with Gasteiger partial charge in [0, 0.05) is 5.69 Å². The van der Waals surface area contributed by atoms with Crippen LogP contribution in [-0.4, -0.2) is 37.9 Å². The topological polar surface area (TPSA) is 105 Å². The number of rotatable bonds is 6. The Balaban J connectivity index is 1.75. The van der Waals surface area contributed by atoms with Crippen LogP contribution >= 0.6 is 0 Å². The normalized spacial score (nSPS) is 11.5. The van der Waals surface area contributed by atoms with E-state index in [9.17, 15) is 14.4 Å². The number of carbonyl (C=O) groups is 3. The maximum absolute atomic E-state index is 12.1. The number of quaternary nitrogens is 1. The Morgan fingerprint density at radius 2 is 1.73 bits per heavy atom. The van der Waals surface area contributed by atoms with Crippen LogP contribution in [0.1, 0.15) is 21.7 Å². The van der Waals surface area contributed by atoms with Crippen molar-refractivity contribution in [2.24, 2.45) is 0 Å². The molecule has 0 bridgehead atoms. The highest BCUT2D eigenvalue weighted by Gasteiger charge is 2.16. The fraction of sp³-hybridized carbons (Fsp3) is 0.278. The van der Waals surface area contributed by atoms with Crippen molar-refractivity contribution >= 4 is 23.4 Å². The van der Waals surface area contributed by atoms with Gasteiger partial charge in [0.25, 0.3) is 11.8 Å². The van der Waals surface area contributed by atoms with E-state index in [0.717, 1.165) is 16.8 Å². The number of hydrogen-bond donors (Lipinski definition) is 4. The zero-order valence-electron chi connectivity index (χ0n) is 15.0. The second-order valence-corrected chi connectivity index (χ2v) is 6.09. The number of amides is 3. The van der Waals surface area contributed by atoms with E-state index in [1.165, 1.54) is 12.3 Å². The summed E-state index contributed by atoms with van der Waals surface area (Å²) in [5.41, 5.74) is 7.41. The summed E-state index contributed by atoms with van der Waals surface area (Å²) in [7, 11) is 1.72. The van der Waals surface area contributed by atoms with Gasteiger partial charge in [-0.25, -0.2) is 0 Å². The lowest BCUT2D eigenvalue weighted by atomic mass is 10.1.